The normalized spacial score (nSPS) is 13.7. The van der Waals surface area contributed by atoms with E-state index in [1.54, 1.807) is 0 Å². The van der Waals surface area contributed by atoms with Crippen molar-refractivity contribution in [3.63, 3.8) is 0 Å². The number of rotatable bonds is 6. The lowest BCUT2D eigenvalue weighted by Crippen LogP contribution is -2.48. The van der Waals surface area contributed by atoms with Crippen molar-refractivity contribution < 1.29 is 9.53 Å². The first kappa shape index (κ1) is 21.7. The molecule has 0 aliphatic heterocycles. The van der Waals surface area contributed by atoms with Gasteiger partial charge in [-0.05, 0) is 37.3 Å². The second-order valence-electron chi connectivity index (χ2n) is 7.20. The molecule has 0 saturated carbocycles. The minimum atomic E-state index is -0.139. The van der Waals surface area contributed by atoms with Gasteiger partial charge in [0.15, 0.2) is 0 Å². The van der Waals surface area contributed by atoms with Crippen molar-refractivity contribution in [3.8, 4) is 5.75 Å². The van der Waals surface area contributed by atoms with E-state index in [1.165, 1.54) is 0 Å². The quantitative estimate of drug-likeness (QED) is 0.833. The molecule has 4 nitrogen and oxygen atoms in total. The fourth-order valence-electron chi connectivity index (χ4n) is 2.25. The second-order valence-corrected chi connectivity index (χ2v) is 7.20. The topological polar surface area (TPSA) is 64.3 Å². The molecule has 23 heavy (non-hydrogen) atoms. The molecule has 1 aromatic carbocycles. The Morgan fingerprint density at radius 2 is 1.78 bits per heavy atom. The predicted octanol–water partition coefficient (Wildman–Crippen LogP) is 3.37. The largest absolute Gasteiger partial charge is 0.491 e. The Labute approximate surface area is 146 Å². The fraction of sp³-hybridized carbons (Fsp3) is 0.611. The van der Waals surface area contributed by atoms with Crippen LogP contribution < -0.4 is 15.8 Å². The molecule has 0 bridgehead atoms. The van der Waals surface area contributed by atoms with Gasteiger partial charge in [0.1, 0.15) is 12.4 Å². The van der Waals surface area contributed by atoms with Gasteiger partial charge in [0.05, 0.1) is 6.04 Å². The van der Waals surface area contributed by atoms with Crippen molar-refractivity contribution in [1.82, 2.24) is 5.32 Å². The zero-order valence-electron chi connectivity index (χ0n) is 15.1. The van der Waals surface area contributed by atoms with Crippen LogP contribution in [0.4, 0.5) is 0 Å². The number of ether oxygens (including phenoxy) is 1. The molecule has 0 heterocycles. The molecule has 3 N–H and O–H groups in total. The molecule has 0 spiro atoms. The lowest BCUT2D eigenvalue weighted by Gasteiger charge is -2.32. The van der Waals surface area contributed by atoms with Gasteiger partial charge in [0.25, 0.3) is 0 Å². The molecule has 0 aromatic heterocycles. The first-order valence-corrected chi connectivity index (χ1v) is 7.85. The van der Waals surface area contributed by atoms with E-state index < -0.39 is 0 Å². The van der Waals surface area contributed by atoms with Gasteiger partial charge in [0, 0.05) is 12.5 Å². The third-order valence-electron chi connectivity index (χ3n) is 3.69. The highest BCUT2D eigenvalue weighted by atomic mass is 35.5. The summed E-state index contributed by atoms with van der Waals surface area (Å²) in [6.07, 6.45) is 0.329. The van der Waals surface area contributed by atoms with E-state index >= 15 is 0 Å². The van der Waals surface area contributed by atoms with Gasteiger partial charge in [-0.3, -0.25) is 4.79 Å². The van der Waals surface area contributed by atoms with Gasteiger partial charge in [-0.15, -0.1) is 12.4 Å². The molecular formula is C18H31ClN2O2. The molecule has 2 unspecified atom stereocenters. The number of benzene rings is 1. The van der Waals surface area contributed by atoms with E-state index in [0.29, 0.717) is 13.0 Å². The Hall–Kier alpha value is -1.26. The van der Waals surface area contributed by atoms with Crippen molar-refractivity contribution in [2.75, 3.05) is 6.61 Å². The van der Waals surface area contributed by atoms with Crippen LogP contribution in [-0.2, 0) is 4.79 Å². The van der Waals surface area contributed by atoms with Gasteiger partial charge in [-0.1, -0.05) is 39.0 Å². The molecule has 0 fully saturated rings. The molecular weight excluding hydrogens is 312 g/mol. The summed E-state index contributed by atoms with van der Waals surface area (Å²) in [6, 6.07) is 5.87. The van der Waals surface area contributed by atoms with E-state index in [4.69, 9.17) is 10.5 Å². The maximum absolute atomic E-state index is 12.0. The van der Waals surface area contributed by atoms with E-state index in [-0.39, 0.29) is 35.8 Å². The van der Waals surface area contributed by atoms with Crippen LogP contribution in [0.3, 0.4) is 0 Å². The van der Waals surface area contributed by atoms with Crippen molar-refractivity contribution in [3.05, 3.63) is 29.3 Å². The summed E-state index contributed by atoms with van der Waals surface area (Å²) in [5.74, 6) is 0.873. The van der Waals surface area contributed by atoms with Gasteiger partial charge in [-0.25, -0.2) is 0 Å². The van der Waals surface area contributed by atoms with Crippen LogP contribution in [0.1, 0.15) is 45.2 Å². The molecule has 1 aromatic rings. The number of hydrogen-bond donors (Lipinski definition) is 2. The second kappa shape index (κ2) is 9.14. The third kappa shape index (κ3) is 7.23. The van der Waals surface area contributed by atoms with Crippen LogP contribution in [0.5, 0.6) is 5.75 Å². The number of halogens is 1. The number of aryl methyl sites for hydroxylation is 2. The molecule has 132 valence electrons. The lowest BCUT2D eigenvalue weighted by atomic mass is 9.87. The zero-order valence-corrected chi connectivity index (χ0v) is 15.9. The van der Waals surface area contributed by atoms with Crippen LogP contribution in [0.15, 0.2) is 18.2 Å². The summed E-state index contributed by atoms with van der Waals surface area (Å²) < 4.78 is 6.02. The average Bonchev–Trinajstić information content (AvgIpc) is 2.34. The fourth-order valence-corrected chi connectivity index (χ4v) is 2.25. The molecule has 1 rings (SSSR count). The maximum Gasteiger partial charge on any atom is 0.221 e. The molecule has 0 aliphatic rings. The maximum atomic E-state index is 12.0. The highest BCUT2D eigenvalue weighted by Gasteiger charge is 2.27. The number of hydrogen-bond acceptors (Lipinski definition) is 3. The third-order valence-corrected chi connectivity index (χ3v) is 3.69. The van der Waals surface area contributed by atoms with Crippen molar-refractivity contribution in [1.29, 1.82) is 0 Å². The average molecular weight is 343 g/mol. The molecule has 0 radical (unpaired) electrons. The van der Waals surface area contributed by atoms with Gasteiger partial charge in [-0.2, -0.15) is 0 Å². The van der Waals surface area contributed by atoms with E-state index in [0.717, 1.165) is 16.9 Å². The Bertz CT molecular complexity index is 490. The lowest BCUT2D eigenvalue weighted by molar-refractivity contribution is -0.123. The van der Waals surface area contributed by atoms with E-state index in [9.17, 15) is 4.79 Å². The number of carbonyl (C=O) groups is 1. The highest BCUT2D eigenvalue weighted by Crippen LogP contribution is 2.25. The van der Waals surface area contributed by atoms with Crippen molar-refractivity contribution >= 4 is 18.3 Å². The summed E-state index contributed by atoms with van der Waals surface area (Å²) in [5, 5.41) is 3.05. The minimum Gasteiger partial charge on any atom is -0.491 e. The summed E-state index contributed by atoms with van der Waals surface area (Å²) in [4.78, 5) is 12.0. The van der Waals surface area contributed by atoms with Gasteiger partial charge < -0.3 is 15.8 Å². The van der Waals surface area contributed by atoms with Crippen molar-refractivity contribution in [2.45, 2.75) is 60.0 Å². The van der Waals surface area contributed by atoms with Crippen LogP contribution in [0.2, 0.25) is 0 Å². The van der Waals surface area contributed by atoms with E-state index in [1.807, 2.05) is 39.0 Å². The van der Waals surface area contributed by atoms with E-state index in [2.05, 4.69) is 26.1 Å². The first-order valence-electron chi connectivity index (χ1n) is 7.85. The highest BCUT2D eigenvalue weighted by molar-refractivity contribution is 5.85. The summed E-state index contributed by atoms with van der Waals surface area (Å²) >= 11 is 0. The molecule has 2 atom stereocenters. The summed E-state index contributed by atoms with van der Waals surface area (Å²) in [6.45, 7) is 12.6. The predicted molar refractivity (Wildman–Crippen MR) is 98.3 cm³/mol. The first-order chi connectivity index (χ1) is 10.1. The molecule has 0 saturated heterocycles. The Morgan fingerprint density at radius 1 is 1.26 bits per heavy atom. The summed E-state index contributed by atoms with van der Waals surface area (Å²) in [5.41, 5.74) is 7.81. The van der Waals surface area contributed by atoms with Crippen LogP contribution in [0, 0.1) is 19.3 Å². The van der Waals surface area contributed by atoms with Crippen LogP contribution in [0.25, 0.3) is 0 Å². The van der Waals surface area contributed by atoms with Crippen LogP contribution >= 0.6 is 12.4 Å². The summed E-state index contributed by atoms with van der Waals surface area (Å²) in [7, 11) is 0. The SMILES string of the molecule is Cc1cccc(C)c1OCC(NC(=O)CC(C)N)C(C)(C)C.Cl. The van der Waals surface area contributed by atoms with Gasteiger partial charge >= 0.3 is 0 Å². The molecule has 1 amide bonds. The Balaban J connectivity index is 0.00000484. The Morgan fingerprint density at radius 3 is 2.22 bits per heavy atom. The standard InChI is InChI=1S/C18H30N2O2.ClH/c1-12-8-7-9-13(2)17(12)22-11-15(18(4,5)6)20-16(21)10-14(3)19;/h7-9,14-15H,10-11,19H2,1-6H3,(H,20,21);1H. The molecule has 5 heteroatoms. The number of para-hydroxylation sites is 1. The number of nitrogens with two attached hydrogens (primary N) is 1. The minimum absolute atomic E-state index is 0. The number of amides is 1. The number of nitrogens with one attached hydrogen (secondary N) is 1. The number of carbonyl (C=O) groups excluding carboxylic acids is 1. The van der Waals surface area contributed by atoms with Crippen LogP contribution in [-0.4, -0.2) is 24.6 Å². The molecule has 0 aliphatic carbocycles. The smallest absolute Gasteiger partial charge is 0.221 e. The van der Waals surface area contributed by atoms with Gasteiger partial charge in [0.2, 0.25) is 5.91 Å². The zero-order chi connectivity index (χ0) is 16.9. The monoisotopic (exact) mass is 342 g/mol. The Kier molecular flexibility index (Phi) is 8.64. The van der Waals surface area contributed by atoms with Crippen molar-refractivity contribution in [2.24, 2.45) is 11.1 Å².